The largest absolute Gasteiger partial charge is 0.492 e. The third-order valence-electron chi connectivity index (χ3n) is 7.89. The predicted octanol–water partition coefficient (Wildman–Crippen LogP) is 5.53. The zero-order valence-corrected chi connectivity index (χ0v) is 23.1. The number of halogens is 1. The lowest BCUT2D eigenvalue weighted by Gasteiger charge is -2.36. The maximum absolute atomic E-state index is 13.4. The molecule has 2 bridgehead atoms. The van der Waals surface area contributed by atoms with Gasteiger partial charge in [0.1, 0.15) is 17.3 Å². The van der Waals surface area contributed by atoms with Crippen LogP contribution in [0.1, 0.15) is 57.3 Å². The molecule has 10 heteroatoms. The zero-order chi connectivity index (χ0) is 27.0. The monoisotopic (exact) mass is 548 g/mol. The number of ketones is 1. The van der Waals surface area contributed by atoms with Crippen LogP contribution in [0.15, 0.2) is 36.4 Å². The van der Waals surface area contributed by atoms with E-state index in [9.17, 15) is 18.0 Å². The molecule has 0 aromatic heterocycles. The number of sulfonamides is 1. The Hall–Kier alpha value is -2.78. The van der Waals surface area contributed by atoms with E-state index in [1.165, 1.54) is 12.1 Å². The normalized spacial score (nSPS) is 22.1. The highest BCUT2D eigenvalue weighted by molar-refractivity contribution is 7.92. The van der Waals surface area contributed by atoms with Gasteiger partial charge >= 0.3 is 0 Å². The van der Waals surface area contributed by atoms with Gasteiger partial charge in [0.05, 0.1) is 46.3 Å². The molecule has 2 fully saturated rings. The van der Waals surface area contributed by atoms with Crippen molar-refractivity contribution in [2.24, 2.45) is 16.7 Å². The molecule has 2 aromatic carbocycles. The first-order valence-corrected chi connectivity index (χ1v) is 14.5. The van der Waals surface area contributed by atoms with E-state index in [0.717, 1.165) is 6.42 Å². The Balaban J connectivity index is 1.66. The van der Waals surface area contributed by atoms with E-state index in [-0.39, 0.29) is 58.8 Å². The second-order valence-electron chi connectivity index (χ2n) is 10.2. The first-order valence-electron chi connectivity index (χ1n) is 12.5. The topological polar surface area (TPSA) is 111 Å². The Kier molecular flexibility index (Phi) is 7.50. The Morgan fingerprint density at radius 1 is 1.08 bits per heavy atom. The number of hydrogen-bond acceptors (Lipinski definition) is 6. The van der Waals surface area contributed by atoms with Crippen molar-refractivity contribution < 1.29 is 27.5 Å². The van der Waals surface area contributed by atoms with E-state index >= 15 is 0 Å². The Labute approximate surface area is 223 Å². The van der Waals surface area contributed by atoms with Gasteiger partial charge in [-0.1, -0.05) is 37.6 Å². The summed E-state index contributed by atoms with van der Waals surface area (Å²) in [6.07, 6.45) is 1.85. The molecular weight excluding hydrogens is 516 g/mol. The molecule has 0 heterocycles. The van der Waals surface area contributed by atoms with Gasteiger partial charge in [-0.25, -0.2) is 8.42 Å². The van der Waals surface area contributed by atoms with Crippen molar-refractivity contribution in [2.45, 2.75) is 47.0 Å². The summed E-state index contributed by atoms with van der Waals surface area (Å²) in [6.45, 7) is 8.10. The highest BCUT2D eigenvalue weighted by Crippen LogP contribution is 2.64. The molecule has 8 nitrogen and oxygen atoms in total. The van der Waals surface area contributed by atoms with E-state index in [1.807, 2.05) is 13.8 Å². The van der Waals surface area contributed by atoms with Gasteiger partial charge < -0.3 is 14.8 Å². The van der Waals surface area contributed by atoms with E-state index in [1.54, 1.807) is 38.1 Å². The van der Waals surface area contributed by atoms with E-state index in [0.29, 0.717) is 23.6 Å². The molecule has 2 aliphatic carbocycles. The van der Waals surface area contributed by atoms with Gasteiger partial charge in [0.2, 0.25) is 10.0 Å². The first kappa shape index (κ1) is 27.3. The lowest BCUT2D eigenvalue weighted by molar-refractivity contribution is -0.128. The van der Waals surface area contributed by atoms with Crippen LogP contribution in [0.2, 0.25) is 5.02 Å². The maximum atomic E-state index is 13.4. The summed E-state index contributed by atoms with van der Waals surface area (Å²) in [4.78, 5) is 25.8. The molecule has 0 aliphatic heterocycles. The van der Waals surface area contributed by atoms with Crippen molar-refractivity contribution in [3.8, 4) is 11.5 Å². The summed E-state index contributed by atoms with van der Waals surface area (Å²) >= 11 is 6.17. The van der Waals surface area contributed by atoms with E-state index in [2.05, 4.69) is 10.0 Å². The highest BCUT2D eigenvalue weighted by atomic mass is 35.5. The summed E-state index contributed by atoms with van der Waals surface area (Å²) in [5.74, 6) is -0.0120. The molecular formula is C27H33ClN2O6S. The SMILES string of the molecule is CCOc1cc(NS(=O)(=O)C[C@@]23CC[C@@H](CC2=O)C3(C)C)c(OCC)cc1NC(=O)c1ccccc1Cl. The van der Waals surface area contributed by atoms with Crippen LogP contribution in [0.3, 0.4) is 0 Å². The summed E-state index contributed by atoms with van der Waals surface area (Å²) in [5.41, 5.74) is -0.517. The average Bonchev–Trinajstić information content (AvgIpc) is 3.16. The summed E-state index contributed by atoms with van der Waals surface area (Å²) < 4.78 is 41.0. The van der Waals surface area contributed by atoms with Crippen LogP contribution in [-0.2, 0) is 14.8 Å². The van der Waals surface area contributed by atoms with Crippen LogP contribution in [0.5, 0.6) is 11.5 Å². The molecule has 0 spiro atoms. The van der Waals surface area contributed by atoms with Gasteiger partial charge in [0.15, 0.2) is 0 Å². The van der Waals surface area contributed by atoms with Gasteiger partial charge in [-0.15, -0.1) is 0 Å². The van der Waals surface area contributed by atoms with Gasteiger partial charge in [0, 0.05) is 18.6 Å². The van der Waals surface area contributed by atoms with Crippen LogP contribution in [0.25, 0.3) is 0 Å². The Morgan fingerprint density at radius 2 is 1.70 bits per heavy atom. The van der Waals surface area contributed by atoms with Crippen molar-refractivity contribution in [3.63, 3.8) is 0 Å². The van der Waals surface area contributed by atoms with Crippen LogP contribution >= 0.6 is 11.6 Å². The Bertz CT molecular complexity index is 1330. The minimum atomic E-state index is -3.93. The number of carbonyl (C=O) groups is 2. The number of hydrogen-bond donors (Lipinski definition) is 2. The zero-order valence-electron chi connectivity index (χ0n) is 21.5. The average molecular weight is 549 g/mol. The minimum absolute atomic E-state index is 0.0248. The number of carbonyl (C=O) groups excluding carboxylic acids is 2. The molecule has 2 N–H and O–H groups in total. The van der Waals surface area contributed by atoms with Crippen LogP contribution in [-0.4, -0.2) is 39.1 Å². The van der Waals surface area contributed by atoms with Crippen molar-refractivity contribution in [3.05, 3.63) is 47.0 Å². The highest BCUT2D eigenvalue weighted by Gasteiger charge is 2.65. The third kappa shape index (κ3) is 5.03. The fourth-order valence-corrected chi connectivity index (χ4v) is 7.87. The van der Waals surface area contributed by atoms with Crippen molar-refractivity contribution in [1.82, 2.24) is 0 Å². The van der Waals surface area contributed by atoms with E-state index in [4.69, 9.17) is 21.1 Å². The quantitative estimate of drug-likeness (QED) is 0.404. The van der Waals surface area contributed by atoms with Crippen molar-refractivity contribution in [1.29, 1.82) is 0 Å². The number of anilines is 2. The molecule has 0 unspecified atom stereocenters. The molecule has 0 saturated heterocycles. The molecule has 2 atom stereocenters. The summed E-state index contributed by atoms with van der Waals surface area (Å²) in [6, 6.07) is 9.66. The molecule has 4 rings (SSSR count). The lowest BCUT2D eigenvalue weighted by Crippen LogP contribution is -2.43. The molecule has 2 saturated carbocycles. The van der Waals surface area contributed by atoms with Gasteiger partial charge in [-0.05, 0) is 50.2 Å². The number of ether oxygens (including phenoxy) is 2. The van der Waals surface area contributed by atoms with Crippen LogP contribution < -0.4 is 19.5 Å². The second-order valence-corrected chi connectivity index (χ2v) is 12.3. The number of amides is 1. The third-order valence-corrected chi connectivity index (χ3v) is 9.62. The van der Waals surface area contributed by atoms with Gasteiger partial charge in [0.25, 0.3) is 5.91 Å². The maximum Gasteiger partial charge on any atom is 0.257 e. The van der Waals surface area contributed by atoms with Crippen LogP contribution in [0.4, 0.5) is 11.4 Å². The van der Waals surface area contributed by atoms with Gasteiger partial charge in [-0.3, -0.25) is 14.3 Å². The van der Waals surface area contributed by atoms with E-state index < -0.39 is 21.3 Å². The van der Waals surface area contributed by atoms with Crippen LogP contribution in [0, 0.1) is 16.7 Å². The number of benzene rings is 2. The molecule has 37 heavy (non-hydrogen) atoms. The lowest BCUT2D eigenvalue weighted by atomic mass is 9.70. The fourth-order valence-electron chi connectivity index (χ4n) is 5.76. The minimum Gasteiger partial charge on any atom is -0.492 e. The molecule has 0 radical (unpaired) electrons. The fraction of sp³-hybridized carbons (Fsp3) is 0.481. The standard InChI is InChI=1S/C27H33ClN2O6S/c1-5-35-22-15-21(30-37(33,34)16-27-12-11-17(13-24(27)31)26(27,3)4)23(36-6-2)14-20(22)29-25(32)18-9-7-8-10-19(18)28/h7-10,14-15,17,30H,5-6,11-13,16H2,1-4H3,(H,29,32)/t17-,27-/m0/s1. The van der Waals surface area contributed by atoms with Gasteiger partial charge in [-0.2, -0.15) is 0 Å². The molecule has 1 amide bonds. The number of nitrogens with one attached hydrogen (secondary N) is 2. The summed E-state index contributed by atoms with van der Waals surface area (Å²) in [5, 5.41) is 3.08. The number of rotatable bonds is 10. The molecule has 2 aliphatic rings. The van der Waals surface area contributed by atoms with Crippen molar-refractivity contribution in [2.75, 3.05) is 29.0 Å². The number of Topliss-reactive ketones (excluding diaryl/α,β-unsaturated/α-hetero) is 1. The molecule has 200 valence electrons. The first-order chi connectivity index (χ1) is 17.4. The molecule has 2 aromatic rings. The predicted molar refractivity (Wildman–Crippen MR) is 144 cm³/mol. The van der Waals surface area contributed by atoms with Crippen molar-refractivity contribution >= 4 is 44.7 Å². The second kappa shape index (κ2) is 10.2. The summed E-state index contributed by atoms with van der Waals surface area (Å²) in [7, 11) is -3.93. The Morgan fingerprint density at radius 3 is 2.27 bits per heavy atom. The number of fused-ring (bicyclic) bond motifs is 2. The smallest absolute Gasteiger partial charge is 0.257 e.